The molecule has 3 rings (SSSR count). The number of hydrogen-bond acceptors (Lipinski definition) is 3. The van der Waals surface area contributed by atoms with Gasteiger partial charge in [0.15, 0.2) is 0 Å². The van der Waals surface area contributed by atoms with E-state index >= 15 is 0 Å². The van der Waals surface area contributed by atoms with Gasteiger partial charge in [-0.05, 0) is 80.5 Å². The normalized spacial score (nSPS) is 15.5. The standard InChI is InChI=1S/C22H27N3O2/c1-14(18-8-7-16-5-3-4-6-19(16)13-18)24-15(2)22(27)25-20-11-9-17(10-12-20)21(23)26/h7-15,24H,3-6H2,1-2H3,(H2,23,26)(H,25,27)/t14-,15+/m1/s1. The van der Waals surface area contributed by atoms with E-state index in [-0.39, 0.29) is 18.0 Å². The molecule has 5 nitrogen and oxygen atoms in total. The van der Waals surface area contributed by atoms with E-state index in [2.05, 4.69) is 35.8 Å². The molecule has 0 saturated carbocycles. The van der Waals surface area contributed by atoms with Gasteiger partial charge in [-0.25, -0.2) is 0 Å². The van der Waals surface area contributed by atoms with Crippen LogP contribution in [-0.2, 0) is 17.6 Å². The van der Waals surface area contributed by atoms with Crippen LogP contribution in [0, 0.1) is 0 Å². The quantitative estimate of drug-likeness (QED) is 0.734. The van der Waals surface area contributed by atoms with Gasteiger partial charge in [0.05, 0.1) is 6.04 Å². The van der Waals surface area contributed by atoms with Gasteiger partial charge in [0, 0.05) is 17.3 Å². The molecule has 0 aliphatic heterocycles. The van der Waals surface area contributed by atoms with Gasteiger partial charge < -0.3 is 11.1 Å². The molecule has 0 aromatic heterocycles. The molecule has 0 fully saturated rings. The van der Waals surface area contributed by atoms with E-state index in [9.17, 15) is 9.59 Å². The third-order valence-electron chi connectivity index (χ3n) is 5.20. The minimum absolute atomic E-state index is 0.0789. The van der Waals surface area contributed by atoms with Crippen molar-refractivity contribution >= 4 is 17.5 Å². The lowest BCUT2D eigenvalue weighted by Crippen LogP contribution is -2.39. The van der Waals surface area contributed by atoms with E-state index in [0.29, 0.717) is 11.3 Å². The monoisotopic (exact) mass is 365 g/mol. The molecule has 1 aliphatic carbocycles. The van der Waals surface area contributed by atoms with Crippen molar-refractivity contribution < 1.29 is 9.59 Å². The van der Waals surface area contributed by atoms with Crippen LogP contribution in [0.15, 0.2) is 42.5 Å². The van der Waals surface area contributed by atoms with Gasteiger partial charge in [-0.2, -0.15) is 0 Å². The second-order valence-corrected chi connectivity index (χ2v) is 7.28. The number of primary amides is 1. The first-order chi connectivity index (χ1) is 12.9. The lowest BCUT2D eigenvalue weighted by molar-refractivity contribution is -0.117. The summed E-state index contributed by atoms with van der Waals surface area (Å²) in [5.74, 6) is -0.603. The van der Waals surface area contributed by atoms with Crippen LogP contribution in [0.2, 0.25) is 0 Å². The highest BCUT2D eigenvalue weighted by atomic mass is 16.2. The van der Waals surface area contributed by atoms with Gasteiger partial charge in [0.1, 0.15) is 0 Å². The zero-order valence-corrected chi connectivity index (χ0v) is 15.9. The van der Waals surface area contributed by atoms with Crippen molar-refractivity contribution in [3.63, 3.8) is 0 Å². The number of carbonyl (C=O) groups is 2. The van der Waals surface area contributed by atoms with Gasteiger partial charge in [-0.1, -0.05) is 18.2 Å². The first-order valence-electron chi connectivity index (χ1n) is 9.52. The third-order valence-corrected chi connectivity index (χ3v) is 5.20. The maximum atomic E-state index is 12.5. The van der Waals surface area contributed by atoms with E-state index < -0.39 is 5.91 Å². The predicted molar refractivity (Wildman–Crippen MR) is 108 cm³/mol. The molecule has 4 N–H and O–H groups in total. The molecule has 0 spiro atoms. The Morgan fingerprint density at radius 1 is 0.963 bits per heavy atom. The van der Waals surface area contributed by atoms with E-state index in [1.807, 2.05) is 6.92 Å². The Morgan fingerprint density at radius 2 is 1.63 bits per heavy atom. The molecule has 0 radical (unpaired) electrons. The summed E-state index contributed by atoms with van der Waals surface area (Å²) in [5, 5.41) is 6.23. The maximum Gasteiger partial charge on any atom is 0.248 e. The van der Waals surface area contributed by atoms with Gasteiger partial charge >= 0.3 is 0 Å². The second-order valence-electron chi connectivity index (χ2n) is 7.28. The Balaban J connectivity index is 1.59. The number of nitrogens with two attached hydrogens (primary N) is 1. The number of hydrogen-bond donors (Lipinski definition) is 3. The number of benzene rings is 2. The highest BCUT2D eigenvalue weighted by Gasteiger charge is 2.18. The molecule has 2 amide bonds. The van der Waals surface area contributed by atoms with Crippen molar-refractivity contribution in [2.75, 3.05) is 5.32 Å². The summed E-state index contributed by atoms with van der Waals surface area (Å²) >= 11 is 0. The maximum absolute atomic E-state index is 12.5. The highest BCUT2D eigenvalue weighted by molar-refractivity contribution is 5.96. The summed E-state index contributed by atoms with van der Waals surface area (Å²) < 4.78 is 0. The van der Waals surface area contributed by atoms with Crippen molar-refractivity contribution in [2.24, 2.45) is 5.73 Å². The molecule has 0 heterocycles. The molecule has 2 aromatic rings. The molecule has 0 saturated heterocycles. The van der Waals surface area contributed by atoms with Crippen molar-refractivity contribution in [1.29, 1.82) is 0 Å². The largest absolute Gasteiger partial charge is 0.366 e. The van der Waals surface area contributed by atoms with Gasteiger partial charge in [0.2, 0.25) is 11.8 Å². The summed E-state index contributed by atoms with van der Waals surface area (Å²) in [7, 11) is 0. The Kier molecular flexibility index (Phi) is 5.91. The number of amides is 2. The molecule has 2 aromatic carbocycles. The van der Waals surface area contributed by atoms with Crippen molar-refractivity contribution in [1.82, 2.24) is 5.32 Å². The highest BCUT2D eigenvalue weighted by Crippen LogP contribution is 2.25. The zero-order valence-electron chi connectivity index (χ0n) is 15.9. The summed E-state index contributed by atoms with van der Waals surface area (Å²) in [6.45, 7) is 3.93. The fourth-order valence-corrected chi connectivity index (χ4v) is 3.54. The molecule has 27 heavy (non-hydrogen) atoms. The number of fused-ring (bicyclic) bond motifs is 1. The number of aryl methyl sites for hydroxylation is 2. The molecule has 142 valence electrons. The SMILES string of the molecule is C[C@H](N[C@H](C)c1ccc2c(c1)CCCC2)C(=O)Nc1ccc(C(N)=O)cc1. The van der Waals surface area contributed by atoms with E-state index in [1.54, 1.807) is 24.3 Å². The zero-order chi connectivity index (χ0) is 19.4. The Morgan fingerprint density at radius 3 is 2.30 bits per heavy atom. The van der Waals surface area contributed by atoms with Gasteiger partial charge in [-0.15, -0.1) is 0 Å². The first-order valence-corrected chi connectivity index (χ1v) is 9.52. The molecule has 0 bridgehead atoms. The fraction of sp³-hybridized carbons (Fsp3) is 0.364. The number of nitrogens with one attached hydrogen (secondary N) is 2. The molecule has 5 heteroatoms. The Labute approximate surface area is 160 Å². The van der Waals surface area contributed by atoms with E-state index in [1.165, 1.54) is 36.0 Å². The van der Waals surface area contributed by atoms with E-state index in [4.69, 9.17) is 5.73 Å². The number of rotatable bonds is 6. The number of anilines is 1. The van der Waals surface area contributed by atoms with Crippen molar-refractivity contribution in [3.05, 3.63) is 64.7 Å². The number of carbonyl (C=O) groups excluding carboxylic acids is 2. The second kappa shape index (κ2) is 8.35. The van der Waals surface area contributed by atoms with Crippen LogP contribution in [0.1, 0.15) is 59.8 Å². The fourth-order valence-electron chi connectivity index (χ4n) is 3.54. The average Bonchev–Trinajstić information content (AvgIpc) is 2.67. The van der Waals surface area contributed by atoms with Gasteiger partial charge in [0.25, 0.3) is 0 Å². The molecular formula is C22H27N3O2. The summed E-state index contributed by atoms with van der Waals surface area (Å²) in [4.78, 5) is 23.6. The summed E-state index contributed by atoms with van der Waals surface area (Å²) in [5.41, 5.74) is 10.4. The lowest BCUT2D eigenvalue weighted by Gasteiger charge is -2.22. The summed E-state index contributed by atoms with van der Waals surface area (Å²) in [6, 6.07) is 13.0. The van der Waals surface area contributed by atoms with Gasteiger partial charge in [-0.3, -0.25) is 14.9 Å². The minimum atomic E-state index is -0.484. The smallest absolute Gasteiger partial charge is 0.248 e. The average molecular weight is 365 g/mol. The molecule has 2 atom stereocenters. The van der Waals surface area contributed by atoms with E-state index in [0.717, 1.165) is 6.42 Å². The van der Waals surface area contributed by atoms with Crippen LogP contribution < -0.4 is 16.4 Å². The van der Waals surface area contributed by atoms with Crippen LogP contribution in [0.5, 0.6) is 0 Å². The predicted octanol–water partition coefficient (Wildman–Crippen LogP) is 3.34. The topological polar surface area (TPSA) is 84.2 Å². The molecule has 1 aliphatic rings. The third kappa shape index (κ3) is 4.74. The first kappa shape index (κ1) is 19.1. The van der Waals surface area contributed by atoms with Crippen LogP contribution >= 0.6 is 0 Å². The molecular weight excluding hydrogens is 338 g/mol. The van der Waals surface area contributed by atoms with Crippen molar-refractivity contribution in [3.8, 4) is 0 Å². The molecule has 0 unspecified atom stereocenters. The van der Waals surface area contributed by atoms with Crippen LogP contribution in [0.3, 0.4) is 0 Å². The van der Waals surface area contributed by atoms with Crippen LogP contribution in [0.25, 0.3) is 0 Å². The van der Waals surface area contributed by atoms with Crippen LogP contribution in [-0.4, -0.2) is 17.9 Å². The Bertz CT molecular complexity index is 830. The Hall–Kier alpha value is -2.66. The van der Waals surface area contributed by atoms with Crippen LogP contribution in [0.4, 0.5) is 5.69 Å². The van der Waals surface area contributed by atoms with Crippen molar-refractivity contribution in [2.45, 2.75) is 51.6 Å². The summed E-state index contributed by atoms with van der Waals surface area (Å²) in [6.07, 6.45) is 4.85. The minimum Gasteiger partial charge on any atom is -0.366 e. The lowest BCUT2D eigenvalue weighted by atomic mass is 9.89.